The van der Waals surface area contributed by atoms with Gasteiger partial charge in [0.25, 0.3) is 5.91 Å². The monoisotopic (exact) mass is 387 g/mol. The number of esters is 1. The first-order chi connectivity index (χ1) is 14.0. The number of rotatable bonds is 5. The van der Waals surface area contributed by atoms with Crippen LogP contribution in [0.2, 0.25) is 0 Å². The molecule has 0 bridgehead atoms. The lowest BCUT2D eigenvalue weighted by Gasteiger charge is -2.10. The molecule has 0 atom stereocenters. The average molecular weight is 387 g/mol. The van der Waals surface area contributed by atoms with Crippen LogP contribution in [-0.2, 0) is 4.74 Å². The molecule has 0 aliphatic carbocycles. The lowest BCUT2D eigenvalue weighted by atomic mass is 10.2. The molecule has 0 aliphatic rings. The molecule has 0 saturated carbocycles. The topological polar surface area (TPSA) is 117 Å². The molecule has 144 valence electrons. The molecule has 29 heavy (non-hydrogen) atoms. The predicted octanol–water partition coefficient (Wildman–Crippen LogP) is 3.44. The number of amides is 1. The summed E-state index contributed by atoms with van der Waals surface area (Å²) in [5, 5.41) is 14.8. The smallest absolute Gasteiger partial charge is 0.337 e. The van der Waals surface area contributed by atoms with Crippen molar-refractivity contribution >= 4 is 29.1 Å². The quantitative estimate of drug-likeness (QED) is 0.644. The first-order valence-electron chi connectivity index (χ1n) is 8.61. The number of carbonyl (C=O) groups is 2. The number of carbonyl (C=O) groups excluding carboxylic acids is 2. The van der Waals surface area contributed by atoms with Crippen LogP contribution in [0.1, 0.15) is 32.2 Å². The van der Waals surface area contributed by atoms with Gasteiger partial charge in [0.05, 0.1) is 24.3 Å². The molecule has 0 saturated heterocycles. The molecule has 3 rings (SSSR count). The Hall–Kier alpha value is -4.25. The number of aryl methyl sites for hydroxylation is 1. The molecule has 1 aromatic heterocycles. The van der Waals surface area contributed by atoms with Crippen LogP contribution >= 0.6 is 0 Å². The van der Waals surface area contributed by atoms with Crippen LogP contribution in [0, 0.1) is 18.3 Å². The molecule has 2 aromatic carbocycles. The van der Waals surface area contributed by atoms with E-state index in [9.17, 15) is 9.59 Å². The predicted molar refractivity (Wildman–Crippen MR) is 107 cm³/mol. The third-order valence-electron chi connectivity index (χ3n) is 3.88. The highest BCUT2D eigenvalue weighted by molar-refractivity contribution is 6.04. The molecule has 0 fully saturated rings. The van der Waals surface area contributed by atoms with Crippen molar-refractivity contribution in [1.82, 2.24) is 9.97 Å². The molecule has 1 heterocycles. The number of nitrogens with one attached hydrogen (secondary N) is 2. The molecule has 8 nitrogen and oxygen atoms in total. The van der Waals surface area contributed by atoms with Gasteiger partial charge in [-0.25, -0.2) is 14.8 Å². The standard InChI is InChI=1S/C21H17N5O3/c1-13-23-18(11-19(24-13)25-16-7-3-5-14(9-16)12-22)20(27)26-17-8-4-6-15(10-17)21(28)29-2/h3-11H,1-2H3,(H,26,27)(H,23,24,25). The van der Waals surface area contributed by atoms with Crippen molar-refractivity contribution in [2.24, 2.45) is 0 Å². The molecule has 2 N–H and O–H groups in total. The van der Waals surface area contributed by atoms with Gasteiger partial charge in [-0.15, -0.1) is 0 Å². The summed E-state index contributed by atoms with van der Waals surface area (Å²) in [6.45, 7) is 1.67. The number of benzene rings is 2. The van der Waals surface area contributed by atoms with Gasteiger partial charge in [0.2, 0.25) is 0 Å². The Morgan fingerprint density at radius 1 is 1.03 bits per heavy atom. The van der Waals surface area contributed by atoms with E-state index in [1.807, 2.05) is 0 Å². The molecule has 8 heteroatoms. The number of nitrogens with zero attached hydrogens (tertiary/aromatic N) is 3. The van der Waals surface area contributed by atoms with E-state index in [2.05, 4.69) is 31.4 Å². The highest BCUT2D eigenvalue weighted by Gasteiger charge is 2.13. The maximum atomic E-state index is 12.6. The van der Waals surface area contributed by atoms with E-state index in [0.29, 0.717) is 34.1 Å². The fourth-order valence-electron chi connectivity index (χ4n) is 2.60. The van der Waals surface area contributed by atoms with Crippen molar-refractivity contribution in [2.45, 2.75) is 6.92 Å². The normalized spacial score (nSPS) is 9.97. The van der Waals surface area contributed by atoms with Crippen molar-refractivity contribution in [3.63, 3.8) is 0 Å². The van der Waals surface area contributed by atoms with Gasteiger partial charge in [-0.3, -0.25) is 4.79 Å². The van der Waals surface area contributed by atoms with Crippen LogP contribution in [0.5, 0.6) is 0 Å². The van der Waals surface area contributed by atoms with Gasteiger partial charge >= 0.3 is 5.97 Å². The summed E-state index contributed by atoms with van der Waals surface area (Å²) in [6.07, 6.45) is 0. The third kappa shape index (κ3) is 4.93. The van der Waals surface area contributed by atoms with E-state index in [0.717, 1.165) is 0 Å². The Kier molecular flexibility index (Phi) is 5.80. The number of hydrogen-bond acceptors (Lipinski definition) is 7. The van der Waals surface area contributed by atoms with Crippen molar-refractivity contribution in [3.05, 3.63) is 77.2 Å². The molecular weight excluding hydrogens is 370 g/mol. The highest BCUT2D eigenvalue weighted by Crippen LogP contribution is 2.18. The summed E-state index contributed by atoms with van der Waals surface area (Å²) in [4.78, 5) is 32.7. The third-order valence-corrected chi connectivity index (χ3v) is 3.88. The van der Waals surface area contributed by atoms with Crippen LogP contribution < -0.4 is 10.6 Å². The van der Waals surface area contributed by atoms with Gasteiger partial charge in [0, 0.05) is 17.4 Å². The van der Waals surface area contributed by atoms with Crippen LogP contribution in [0.25, 0.3) is 0 Å². The van der Waals surface area contributed by atoms with E-state index in [1.54, 1.807) is 49.4 Å². The van der Waals surface area contributed by atoms with Crippen molar-refractivity contribution in [2.75, 3.05) is 17.7 Å². The van der Waals surface area contributed by atoms with Crippen molar-refractivity contribution in [3.8, 4) is 6.07 Å². The zero-order chi connectivity index (χ0) is 20.8. The summed E-state index contributed by atoms with van der Waals surface area (Å²) in [5.41, 5.74) is 2.08. The summed E-state index contributed by atoms with van der Waals surface area (Å²) in [7, 11) is 1.29. The second kappa shape index (κ2) is 8.63. The number of ether oxygens (including phenoxy) is 1. The SMILES string of the molecule is COC(=O)c1cccc(NC(=O)c2cc(Nc3cccc(C#N)c3)nc(C)n2)c1. The Bertz CT molecular complexity index is 1120. The summed E-state index contributed by atoms with van der Waals surface area (Å²) < 4.78 is 4.68. The van der Waals surface area contributed by atoms with Gasteiger partial charge in [-0.2, -0.15) is 5.26 Å². The second-order valence-electron chi connectivity index (χ2n) is 6.03. The Morgan fingerprint density at radius 2 is 1.79 bits per heavy atom. The number of hydrogen-bond donors (Lipinski definition) is 2. The number of anilines is 3. The van der Waals surface area contributed by atoms with Crippen LogP contribution in [0.15, 0.2) is 54.6 Å². The highest BCUT2D eigenvalue weighted by atomic mass is 16.5. The maximum Gasteiger partial charge on any atom is 0.337 e. The number of methoxy groups -OCH3 is 1. The maximum absolute atomic E-state index is 12.6. The number of nitriles is 1. The van der Waals surface area contributed by atoms with E-state index in [-0.39, 0.29) is 5.69 Å². The fourth-order valence-corrected chi connectivity index (χ4v) is 2.60. The lowest BCUT2D eigenvalue weighted by molar-refractivity contribution is 0.0600. The molecule has 0 aliphatic heterocycles. The molecule has 3 aromatic rings. The van der Waals surface area contributed by atoms with E-state index < -0.39 is 11.9 Å². The van der Waals surface area contributed by atoms with Crippen LogP contribution in [-0.4, -0.2) is 29.0 Å². The van der Waals surface area contributed by atoms with E-state index in [1.165, 1.54) is 19.2 Å². The van der Waals surface area contributed by atoms with Crippen molar-refractivity contribution < 1.29 is 14.3 Å². The zero-order valence-corrected chi connectivity index (χ0v) is 15.8. The van der Waals surface area contributed by atoms with Gasteiger partial charge in [0.1, 0.15) is 17.3 Å². The lowest BCUT2D eigenvalue weighted by Crippen LogP contribution is -2.16. The Labute approximate surface area is 167 Å². The van der Waals surface area contributed by atoms with Crippen LogP contribution in [0.4, 0.5) is 17.2 Å². The minimum absolute atomic E-state index is 0.153. The molecule has 0 radical (unpaired) electrons. The largest absolute Gasteiger partial charge is 0.465 e. The first kappa shape index (κ1) is 19.5. The Morgan fingerprint density at radius 3 is 2.55 bits per heavy atom. The second-order valence-corrected chi connectivity index (χ2v) is 6.03. The molecule has 0 unspecified atom stereocenters. The molecular formula is C21H17N5O3. The van der Waals surface area contributed by atoms with Gasteiger partial charge in [0.15, 0.2) is 0 Å². The minimum Gasteiger partial charge on any atom is -0.465 e. The number of aromatic nitrogens is 2. The summed E-state index contributed by atoms with van der Waals surface area (Å²) in [5.74, 6) is -0.127. The fraction of sp³-hybridized carbons (Fsp3) is 0.0952. The van der Waals surface area contributed by atoms with Crippen LogP contribution in [0.3, 0.4) is 0 Å². The van der Waals surface area contributed by atoms with Gasteiger partial charge in [-0.1, -0.05) is 12.1 Å². The average Bonchev–Trinajstić information content (AvgIpc) is 2.73. The van der Waals surface area contributed by atoms with Crippen molar-refractivity contribution in [1.29, 1.82) is 5.26 Å². The summed E-state index contributed by atoms with van der Waals surface area (Å²) in [6, 6.07) is 16.9. The first-order valence-corrected chi connectivity index (χ1v) is 8.61. The van der Waals surface area contributed by atoms with E-state index >= 15 is 0 Å². The van der Waals surface area contributed by atoms with Gasteiger partial charge in [-0.05, 0) is 43.3 Å². The minimum atomic E-state index is -0.495. The van der Waals surface area contributed by atoms with Gasteiger partial charge < -0.3 is 15.4 Å². The summed E-state index contributed by atoms with van der Waals surface area (Å²) >= 11 is 0. The van der Waals surface area contributed by atoms with E-state index in [4.69, 9.17) is 5.26 Å². The zero-order valence-electron chi connectivity index (χ0n) is 15.8. The molecule has 0 spiro atoms. The Balaban J connectivity index is 1.81. The molecule has 1 amide bonds.